The fourth-order valence-electron chi connectivity index (χ4n) is 3.13. The molecule has 3 rings (SSSR count). The van der Waals surface area contributed by atoms with Crippen molar-refractivity contribution in [3.63, 3.8) is 0 Å². The van der Waals surface area contributed by atoms with Crippen LogP contribution in [0.2, 0.25) is 0 Å². The van der Waals surface area contributed by atoms with Crippen LogP contribution in [-0.2, 0) is 21.4 Å². The van der Waals surface area contributed by atoms with E-state index in [2.05, 4.69) is 10.3 Å². The molecule has 0 aliphatic carbocycles. The molecule has 164 valence electrons. The summed E-state index contributed by atoms with van der Waals surface area (Å²) in [5.74, 6) is -0.348. The van der Waals surface area contributed by atoms with Crippen molar-refractivity contribution in [3.8, 4) is 0 Å². The highest BCUT2D eigenvalue weighted by Crippen LogP contribution is 2.26. The molecule has 1 aromatic heterocycles. The van der Waals surface area contributed by atoms with Crippen LogP contribution in [0, 0.1) is 20.8 Å². The second kappa shape index (κ2) is 9.78. The van der Waals surface area contributed by atoms with Crippen molar-refractivity contribution in [2.24, 2.45) is 0 Å². The summed E-state index contributed by atoms with van der Waals surface area (Å²) in [5, 5.41) is 2.83. The van der Waals surface area contributed by atoms with Crippen LogP contribution in [0.3, 0.4) is 0 Å². The van der Waals surface area contributed by atoms with E-state index in [1.165, 1.54) is 4.31 Å². The highest BCUT2D eigenvalue weighted by Gasteiger charge is 2.27. The van der Waals surface area contributed by atoms with E-state index in [0.29, 0.717) is 12.2 Å². The number of benzene rings is 2. The predicted molar refractivity (Wildman–Crippen MR) is 121 cm³/mol. The van der Waals surface area contributed by atoms with Crippen LogP contribution >= 0.6 is 0 Å². The summed E-state index contributed by atoms with van der Waals surface area (Å²) < 4.78 is 29.9. The lowest BCUT2D eigenvalue weighted by atomic mass is 10.1. The number of nitrogens with one attached hydrogen (secondary N) is 1. The molecule has 7 nitrogen and oxygen atoms in total. The highest BCUT2D eigenvalue weighted by molar-refractivity contribution is 7.92. The first-order valence-electron chi connectivity index (χ1n) is 10.2. The van der Waals surface area contributed by atoms with Gasteiger partial charge in [-0.05, 0) is 62.6 Å². The minimum absolute atomic E-state index is 0.157. The molecule has 0 fully saturated rings. The minimum atomic E-state index is -3.90. The summed E-state index contributed by atoms with van der Waals surface area (Å²) in [5.41, 5.74) is 3.45. The largest absolute Gasteiger partial charge is 0.354 e. The number of rotatable bonds is 9. The van der Waals surface area contributed by atoms with Gasteiger partial charge in [0.1, 0.15) is 6.54 Å². The van der Waals surface area contributed by atoms with E-state index in [1.807, 2.05) is 37.6 Å². The van der Waals surface area contributed by atoms with Gasteiger partial charge in [-0.15, -0.1) is 0 Å². The summed E-state index contributed by atoms with van der Waals surface area (Å²) in [7, 11) is -3.90. The number of anilines is 1. The number of amides is 1. The van der Waals surface area contributed by atoms with Gasteiger partial charge < -0.3 is 9.88 Å². The van der Waals surface area contributed by atoms with Crippen LogP contribution in [0.4, 0.5) is 5.69 Å². The Labute approximate surface area is 183 Å². The van der Waals surface area contributed by atoms with E-state index >= 15 is 0 Å². The first-order chi connectivity index (χ1) is 14.8. The Morgan fingerprint density at radius 3 is 2.45 bits per heavy atom. The van der Waals surface area contributed by atoms with Crippen LogP contribution in [0.25, 0.3) is 0 Å². The third-order valence-electron chi connectivity index (χ3n) is 5.15. The maximum atomic E-state index is 13.4. The van der Waals surface area contributed by atoms with Crippen molar-refractivity contribution in [1.29, 1.82) is 0 Å². The van der Waals surface area contributed by atoms with Crippen molar-refractivity contribution in [2.75, 3.05) is 17.4 Å². The topological polar surface area (TPSA) is 84.3 Å². The molecule has 0 saturated heterocycles. The number of hydrogen-bond acceptors (Lipinski definition) is 4. The average Bonchev–Trinajstić information content (AvgIpc) is 3.25. The number of aryl methyl sites for hydroxylation is 4. The fraction of sp³-hybridized carbons (Fsp3) is 0.304. The molecule has 0 aliphatic rings. The van der Waals surface area contributed by atoms with Gasteiger partial charge in [-0.3, -0.25) is 9.10 Å². The molecule has 31 heavy (non-hydrogen) atoms. The fourth-order valence-corrected chi connectivity index (χ4v) is 4.54. The molecule has 0 aliphatic heterocycles. The summed E-state index contributed by atoms with van der Waals surface area (Å²) in [6.07, 6.45) is 6.00. The van der Waals surface area contributed by atoms with Crippen molar-refractivity contribution in [2.45, 2.75) is 38.6 Å². The van der Waals surface area contributed by atoms with Gasteiger partial charge in [0.25, 0.3) is 10.0 Å². The smallest absolute Gasteiger partial charge is 0.264 e. The van der Waals surface area contributed by atoms with E-state index in [0.717, 1.165) is 29.7 Å². The SMILES string of the molecule is Cc1ccc(S(=O)(=O)N(CC(=O)NCCCn2ccnc2)c2ccc(C)c(C)c2)cc1. The molecule has 0 atom stereocenters. The van der Waals surface area contributed by atoms with Crippen molar-refractivity contribution >= 4 is 21.6 Å². The lowest BCUT2D eigenvalue weighted by Gasteiger charge is -2.25. The summed E-state index contributed by atoms with van der Waals surface area (Å²) in [6, 6.07) is 12.0. The molecule has 1 N–H and O–H groups in total. The molecule has 1 heterocycles. The molecule has 0 bridgehead atoms. The van der Waals surface area contributed by atoms with Crippen LogP contribution in [0.1, 0.15) is 23.1 Å². The van der Waals surface area contributed by atoms with Gasteiger partial charge >= 0.3 is 0 Å². The number of carbonyl (C=O) groups is 1. The van der Waals surface area contributed by atoms with Gasteiger partial charge in [0.05, 0.1) is 16.9 Å². The molecule has 0 saturated carbocycles. The zero-order valence-electron chi connectivity index (χ0n) is 18.1. The second-order valence-electron chi connectivity index (χ2n) is 7.60. The Kier molecular flexibility index (Phi) is 7.12. The molecular weight excluding hydrogens is 412 g/mol. The van der Waals surface area contributed by atoms with Gasteiger partial charge in [0.2, 0.25) is 5.91 Å². The first-order valence-corrected chi connectivity index (χ1v) is 11.6. The Bertz CT molecular complexity index is 1120. The van der Waals surface area contributed by atoms with E-state index in [1.54, 1.807) is 48.9 Å². The van der Waals surface area contributed by atoms with Gasteiger partial charge in [-0.2, -0.15) is 0 Å². The number of aromatic nitrogens is 2. The minimum Gasteiger partial charge on any atom is -0.354 e. The van der Waals surface area contributed by atoms with Crippen LogP contribution in [-0.4, -0.2) is 37.0 Å². The summed E-state index contributed by atoms with van der Waals surface area (Å²) >= 11 is 0. The predicted octanol–water partition coefficient (Wildman–Crippen LogP) is 3.21. The maximum absolute atomic E-state index is 13.4. The normalized spacial score (nSPS) is 11.3. The number of carbonyl (C=O) groups excluding carboxylic acids is 1. The second-order valence-corrected chi connectivity index (χ2v) is 9.46. The standard InChI is InChI=1S/C23H28N4O3S/c1-18-5-9-22(10-6-18)31(29,30)27(21-8-7-19(2)20(3)15-21)16-23(28)25-11-4-13-26-14-12-24-17-26/h5-10,12,14-15,17H,4,11,13,16H2,1-3H3,(H,25,28). The van der Waals surface area contributed by atoms with Crippen LogP contribution in [0.15, 0.2) is 66.1 Å². The average molecular weight is 441 g/mol. The zero-order chi connectivity index (χ0) is 22.4. The van der Waals surface area contributed by atoms with Crippen molar-refractivity contribution in [3.05, 3.63) is 77.9 Å². The molecular formula is C23H28N4O3S. The lowest BCUT2D eigenvalue weighted by Crippen LogP contribution is -2.41. The van der Waals surface area contributed by atoms with Crippen molar-refractivity contribution < 1.29 is 13.2 Å². The number of nitrogens with zero attached hydrogens (tertiary/aromatic N) is 3. The summed E-state index contributed by atoms with van der Waals surface area (Å²) in [4.78, 5) is 16.8. The molecule has 0 spiro atoms. The van der Waals surface area contributed by atoms with E-state index in [9.17, 15) is 13.2 Å². The molecule has 0 unspecified atom stereocenters. The molecule has 8 heteroatoms. The van der Waals surface area contributed by atoms with Gasteiger partial charge in [0.15, 0.2) is 0 Å². The third kappa shape index (κ3) is 5.73. The van der Waals surface area contributed by atoms with Crippen LogP contribution in [0.5, 0.6) is 0 Å². The molecule has 1 amide bonds. The molecule has 0 radical (unpaired) electrons. The molecule has 2 aromatic carbocycles. The maximum Gasteiger partial charge on any atom is 0.264 e. The van der Waals surface area contributed by atoms with Crippen molar-refractivity contribution in [1.82, 2.24) is 14.9 Å². The van der Waals surface area contributed by atoms with E-state index < -0.39 is 10.0 Å². The van der Waals surface area contributed by atoms with Crippen LogP contribution < -0.4 is 9.62 Å². The number of hydrogen-bond donors (Lipinski definition) is 1. The summed E-state index contributed by atoms with van der Waals surface area (Å²) in [6.45, 7) is 6.67. The highest BCUT2D eigenvalue weighted by atomic mass is 32.2. The quantitative estimate of drug-likeness (QED) is 0.518. The molecule has 3 aromatic rings. The third-order valence-corrected chi connectivity index (χ3v) is 6.94. The zero-order valence-corrected chi connectivity index (χ0v) is 18.9. The van der Waals surface area contributed by atoms with E-state index in [-0.39, 0.29) is 17.3 Å². The Morgan fingerprint density at radius 2 is 1.81 bits per heavy atom. The Morgan fingerprint density at radius 1 is 1.06 bits per heavy atom. The monoisotopic (exact) mass is 440 g/mol. The van der Waals surface area contributed by atoms with E-state index in [4.69, 9.17) is 0 Å². The Hall–Kier alpha value is -3.13. The first kappa shape index (κ1) is 22.6. The number of imidazole rings is 1. The van der Waals surface area contributed by atoms with Gasteiger partial charge in [0, 0.05) is 25.5 Å². The number of sulfonamides is 1. The Balaban J connectivity index is 1.77. The van der Waals surface area contributed by atoms with Gasteiger partial charge in [-0.1, -0.05) is 23.8 Å². The van der Waals surface area contributed by atoms with Gasteiger partial charge in [-0.25, -0.2) is 13.4 Å². The lowest BCUT2D eigenvalue weighted by molar-refractivity contribution is -0.119.